The first kappa shape index (κ1) is 62.9. The second-order valence-corrected chi connectivity index (χ2v) is 21.4. The lowest BCUT2D eigenvalue weighted by atomic mass is 10.1. The van der Waals surface area contributed by atoms with Gasteiger partial charge in [0, 0.05) is 64.3 Å². The van der Waals surface area contributed by atoms with Gasteiger partial charge in [-0.1, -0.05) is 11.8 Å². The van der Waals surface area contributed by atoms with Crippen molar-refractivity contribution in [1.29, 1.82) is 0 Å². The highest BCUT2D eigenvalue weighted by molar-refractivity contribution is 7.53. The Balaban J connectivity index is 1.84. The van der Waals surface area contributed by atoms with Crippen LogP contribution in [-0.4, -0.2) is 161 Å². The summed E-state index contributed by atoms with van der Waals surface area (Å²) in [5.74, 6) is 5.50. The summed E-state index contributed by atoms with van der Waals surface area (Å²) >= 11 is 0. The van der Waals surface area contributed by atoms with Gasteiger partial charge < -0.3 is 57.3 Å². The van der Waals surface area contributed by atoms with Gasteiger partial charge in [0.25, 0.3) is 5.91 Å². The zero-order valence-corrected chi connectivity index (χ0v) is 46.3. The number of amides is 1. The van der Waals surface area contributed by atoms with Crippen LogP contribution >= 0.6 is 31.7 Å². The van der Waals surface area contributed by atoms with E-state index in [-0.39, 0.29) is 127 Å². The molecule has 4 unspecified atom stereocenters. The summed E-state index contributed by atoms with van der Waals surface area (Å²) in [7, 11) is -11.1. The number of nitrogens with one attached hydrogen (secondary N) is 1. The molecular formula is C44H66N8O19P4. The average molecular weight is 1130 g/mol. The maximum absolute atomic E-state index is 13.5. The number of carbonyl (C=O) groups is 2. The molecule has 4 aromatic rings. The summed E-state index contributed by atoms with van der Waals surface area (Å²) in [6.07, 6.45) is 2.24. The summed E-state index contributed by atoms with van der Waals surface area (Å²) in [6.45, 7) is 6.37. The number of carboxylic acid groups (broad SMARTS) is 1. The van der Waals surface area contributed by atoms with Crippen molar-refractivity contribution in [3.63, 3.8) is 0 Å². The van der Waals surface area contributed by atoms with Gasteiger partial charge in [0.2, 0.25) is 0 Å². The van der Waals surface area contributed by atoms with E-state index in [1.807, 2.05) is 0 Å². The van der Waals surface area contributed by atoms with Gasteiger partial charge in [-0.3, -0.25) is 46.7 Å². The monoisotopic (exact) mass is 1130 g/mol. The van der Waals surface area contributed by atoms with Crippen LogP contribution in [0.1, 0.15) is 73.4 Å². The predicted octanol–water partition coefficient (Wildman–Crippen LogP) is 5.26. The van der Waals surface area contributed by atoms with Crippen molar-refractivity contribution in [2.45, 2.75) is 53.6 Å². The molecular weight excluding hydrogens is 1070 g/mol. The van der Waals surface area contributed by atoms with E-state index in [1.165, 1.54) is 45.5 Å². The van der Waals surface area contributed by atoms with Crippen LogP contribution in [0.4, 0.5) is 0 Å². The topological polar surface area (TPSA) is 322 Å². The fourth-order valence-corrected chi connectivity index (χ4v) is 10.1. The van der Waals surface area contributed by atoms with Crippen molar-refractivity contribution in [1.82, 2.24) is 39.7 Å². The molecule has 1 aromatic carbocycles. The number of carboxylic acids is 1. The van der Waals surface area contributed by atoms with Gasteiger partial charge in [0.05, 0.1) is 62.2 Å². The molecule has 0 spiro atoms. The quantitative estimate of drug-likeness (QED) is 0.0194. The normalized spacial score (nSPS) is 13.9. The number of hydrogen-bond acceptors (Lipinski definition) is 21. The van der Waals surface area contributed by atoms with E-state index >= 15 is 0 Å². The molecule has 4 atom stereocenters. The third-order valence-corrected chi connectivity index (χ3v) is 14.2. The molecule has 27 nitrogen and oxygen atoms in total. The van der Waals surface area contributed by atoms with Crippen molar-refractivity contribution >= 4 is 43.6 Å². The molecule has 1 amide bonds. The molecule has 0 aliphatic heterocycles. The van der Waals surface area contributed by atoms with E-state index in [0.717, 1.165) is 0 Å². The number of rotatable bonds is 37. The molecule has 3 aromatic heterocycles. The van der Waals surface area contributed by atoms with Gasteiger partial charge in [-0.15, -0.1) is 0 Å². The Morgan fingerprint density at radius 1 is 0.707 bits per heavy atom. The third kappa shape index (κ3) is 22.8. The van der Waals surface area contributed by atoms with Crippen LogP contribution in [0.25, 0.3) is 11.6 Å². The van der Waals surface area contributed by atoms with E-state index in [9.17, 15) is 37.6 Å². The zero-order valence-electron chi connectivity index (χ0n) is 42.5. The lowest BCUT2D eigenvalue weighted by Crippen LogP contribution is -2.27. The Kier molecular flexibility index (Phi) is 27.5. The predicted molar refractivity (Wildman–Crippen MR) is 272 cm³/mol. The van der Waals surface area contributed by atoms with E-state index in [0.29, 0.717) is 22.5 Å². The summed E-state index contributed by atoms with van der Waals surface area (Å²) < 4.78 is 106. The van der Waals surface area contributed by atoms with Crippen LogP contribution in [0.5, 0.6) is 11.5 Å². The Labute approximate surface area is 435 Å². The molecule has 0 saturated carbocycles. The van der Waals surface area contributed by atoms with Crippen molar-refractivity contribution in [3.05, 3.63) is 76.9 Å². The smallest absolute Gasteiger partial charge is 0.342 e. The Morgan fingerprint density at radius 2 is 1.21 bits per heavy atom. The van der Waals surface area contributed by atoms with Crippen molar-refractivity contribution < 1.29 is 88.8 Å². The fraction of sp³-hybridized carbons (Fsp3) is 0.523. The maximum atomic E-state index is 13.5. The summed E-state index contributed by atoms with van der Waals surface area (Å²) in [5.41, 5.74) is 1.50. The van der Waals surface area contributed by atoms with Crippen molar-refractivity contribution in [2.24, 2.45) is 0 Å². The van der Waals surface area contributed by atoms with Crippen molar-refractivity contribution in [3.8, 4) is 35.0 Å². The lowest BCUT2D eigenvalue weighted by molar-refractivity contribution is -0.137. The molecule has 0 fully saturated rings. The number of carbonyl (C=O) groups excluding carboxylic acids is 1. The molecule has 416 valence electrons. The minimum Gasteiger partial charge on any atom is -0.490 e. The van der Waals surface area contributed by atoms with Crippen LogP contribution < -0.4 is 14.8 Å². The SMILES string of the molecule is CCO[PH](=O)OCN(Cc1ccn(-c2cc(C#Cc3cc(OCCOC)c(C(=O)NCCCC(=O)O)cc3OCCOC)cc(-n3ccc(CN(CO[PH](=O)OCC)CP(=O)(O)OCC)n3)n2)n1)CP(=O)(O)OCC. The molecule has 4 rings (SSSR count). The second-order valence-electron chi connectivity index (χ2n) is 15.6. The Hall–Kier alpha value is -4.67. The van der Waals surface area contributed by atoms with Crippen LogP contribution in [-0.2, 0) is 72.8 Å². The lowest BCUT2D eigenvalue weighted by Gasteiger charge is -2.23. The minimum absolute atomic E-state index is 0.0359. The number of nitrogens with zero attached hydrogens (tertiary/aromatic N) is 7. The molecule has 75 heavy (non-hydrogen) atoms. The molecule has 4 N–H and O–H groups in total. The number of aliphatic carboxylic acids is 1. The molecule has 0 aliphatic carbocycles. The van der Waals surface area contributed by atoms with Gasteiger partial charge in [-0.05, 0) is 64.4 Å². The third-order valence-electron chi connectivity index (χ3n) is 9.61. The van der Waals surface area contributed by atoms with Gasteiger partial charge in [0.1, 0.15) is 50.7 Å². The fourth-order valence-electron chi connectivity index (χ4n) is 6.50. The molecule has 0 radical (unpaired) electrons. The van der Waals surface area contributed by atoms with Crippen LogP contribution in [0.3, 0.4) is 0 Å². The van der Waals surface area contributed by atoms with E-state index < -0.39 is 56.1 Å². The summed E-state index contributed by atoms with van der Waals surface area (Å²) in [5, 5.41) is 21.2. The van der Waals surface area contributed by atoms with E-state index in [1.54, 1.807) is 64.4 Å². The first-order chi connectivity index (χ1) is 35.9. The number of pyridine rings is 1. The van der Waals surface area contributed by atoms with Gasteiger partial charge in [0.15, 0.2) is 11.6 Å². The summed E-state index contributed by atoms with van der Waals surface area (Å²) in [4.78, 5) is 53.2. The standard InChI is InChI=1S/C44H66N8O19P4/c1-7-66-72(56)68-30-49(32-74(58,59)70-9-3)28-36-15-18-51(47-36)41-24-34(25-42(46-41)52-19-16-37(48-52)29-50(31-69-73(57)67-8-2)33-75(60,61)71-10-4)13-14-35-26-40(65-23-21-63-6)38(27-39(35)64-22-20-62-5)44(55)45-17-11-12-43(53)54/h15-16,18-19,24-27,72-73H,7-12,17,20-23,28-33H2,1-6H3,(H,45,55)(H,53,54)(H,58,59)(H,60,61). The van der Waals surface area contributed by atoms with Crippen LogP contribution in [0, 0.1) is 11.8 Å². The zero-order chi connectivity index (χ0) is 54.8. The minimum atomic E-state index is -4.15. The number of ether oxygens (including phenoxy) is 4. The summed E-state index contributed by atoms with van der Waals surface area (Å²) in [6, 6.07) is 9.51. The molecule has 0 aliphatic rings. The van der Waals surface area contributed by atoms with E-state index in [2.05, 4.69) is 27.4 Å². The van der Waals surface area contributed by atoms with Crippen LogP contribution in [0.15, 0.2) is 48.8 Å². The molecule has 0 saturated heterocycles. The molecule has 0 bridgehead atoms. The second kappa shape index (κ2) is 32.8. The molecule has 3 heterocycles. The average Bonchev–Trinajstić information content (AvgIpc) is 4.03. The highest BCUT2D eigenvalue weighted by Gasteiger charge is 2.27. The number of aromatic nitrogens is 5. The number of benzene rings is 1. The van der Waals surface area contributed by atoms with Gasteiger partial charge >= 0.3 is 37.7 Å². The van der Waals surface area contributed by atoms with Gasteiger partial charge in [-0.2, -0.15) is 10.2 Å². The van der Waals surface area contributed by atoms with Gasteiger partial charge in [-0.25, -0.2) is 14.3 Å². The number of methoxy groups -OCH3 is 2. The highest BCUT2D eigenvalue weighted by Crippen LogP contribution is 2.44. The first-order valence-electron chi connectivity index (χ1n) is 23.4. The first-order valence-corrected chi connectivity index (χ1v) is 29.4. The van der Waals surface area contributed by atoms with E-state index in [4.69, 9.17) is 56.2 Å². The Bertz CT molecular complexity index is 2550. The number of hydrogen-bond donors (Lipinski definition) is 4. The van der Waals surface area contributed by atoms with Crippen molar-refractivity contribution in [2.75, 3.05) is 99.7 Å². The van der Waals surface area contributed by atoms with Crippen LogP contribution in [0.2, 0.25) is 0 Å². The maximum Gasteiger partial charge on any atom is 0.342 e. The largest absolute Gasteiger partial charge is 0.490 e. The molecule has 31 heteroatoms. The highest BCUT2D eigenvalue weighted by atomic mass is 31.2. The Morgan fingerprint density at radius 3 is 1.68 bits per heavy atom.